The van der Waals surface area contributed by atoms with Gasteiger partial charge in [0.2, 0.25) is 0 Å². The minimum absolute atomic E-state index is 0.000152. The number of hydrogen-bond acceptors (Lipinski definition) is 10. The molecule has 20 aliphatic rings. The molecule has 35 unspecified atom stereocenters. The maximum absolute atomic E-state index is 13.3. The number of fused-ring (bicyclic) bond motifs is 48. The van der Waals surface area contributed by atoms with Gasteiger partial charge in [0.05, 0.1) is 28.1 Å². The van der Waals surface area contributed by atoms with E-state index in [1.807, 2.05) is 164 Å². The largest absolute Gasteiger partial charge is 0.426 e. The molecule has 0 radical (unpaired) electrons. The second kappa shape index (κ2) is 30.0. The van der Waals surface area contributed by atoms with E-state index in [2.05, 4.69) is 130 Å². The lowest BCUT2D eigenvalue weighted by Gasteiger charge is -2.41. The second-order valence-corrected chi connectivity index (χ2v) is 43.9. The number of hydrogen-bond donors (Lipinski definition) is 0. The average Bonchev–Trinajstić information content (AvgIpc) is 1.53. The highest BCUT2D eigenvalue weighted by molar-refractivity contribution is 5.92. The molecule has 0 N–H and O–H groups in total. The van der Waals surface area contributed by atoms with Gasteiger partial charge in [-0.1, -0.05) is 218 Å². The molecule has 0 spiro atoms. The SMILES string of the molecule is CC1(C(=O)Oc2ccc3ccccc3c2)CC2CC1C1C3C=CC(C3)C21.CC1(C(=O)Oc2cccc3ccccc23)CC2CC1C1C3C=CC(C3)C21.CC1(C(=O)Oc2ccccc2)CC2CC1C1C3C=CC(C3)C21.O=C(Oc1ccc(-c2ccccc2)cc1)C1CC2CC1C1C3C=CC(C3)C21.O=C(Oc1ccc2ccccc2c1)C1CC2CC1C1C3C=CC(C3)C21. The lowest BCUT2D eigenvalue weighted by Crippen LogP contribution is -2.44. The van der Waals surface area contributed by atoms with E-state index in [-0.39, 0.29) is 57.9 Å². The topological polar surface area (TPSA) is 132 Å². The van der Waals surface area contributed by atoms with Crippen LogP contribution in [0.3, 0.4) is 0 Å². The molecule has 29 rings (SSSR count). The van der Waals surface area contributed by atoms with Gasteiger partial charge in [-0.2, -0.15) is 0 Å². The molecular formula is C116H116O10. The normalized spacial score (nSPS) is 41.4. The minimum Gasteiger partial charge on any atom is -0.426 e. The molecule has 9 aromatic rings. The van der Waals surface area contributed by atoms with Crippen LogP contribution in [-0.2, 0) is 24.0 Å². The first-order valence-corrected chi connectivity index (χ1v) is 48.7. The summed E-state index contributed by atoms with van der Waals surface area (Å²) < 4.78 is 29.3. The summed E-state index contributed by atoms with van der Waals surface area (Å²) in [4.78, 5) is 65.2. The molecule has 35 atom stereocenters. The number of benzene rings is 9. The Morgan fingerprint density at radius 1 is 0.254 bits per heavy atom. The molecule has 126 heavy (non-hydrogen) atoms. The predicted molar refractivity (Wildman–Crippen MR) is 489 cm³/mol. The maximum atomic E-state index is 13.3. The highest BCUT2D eigenvalue weighted by Gasteiger charge is 2.71. The zero-order valence-corrected chi connectivity index (χ0v) is 72.6. The van der Waals surface area contributed by atoms with Gasteiger partial charge in [0, 0.05) is 5.39 Å². The molecule has 20 bridgehead atoms. The third-order valence-electron chi connectivity index (χ3n) is 38.5. The Labute approximate surface area is 740 Å². The van der Waals surface area contributed by atoms with Gasteiger partial charge >= 0.3 is 29.8 Å². The molecule has 10 nitrogen and oxygen atoms in total. The van der Waals surface area contributed by atoms with Crippen LogP contribution in [0.5, 0.6) is 28.7 Å². The Kier molecular flexibility index (Phi) is 18.6. The van der Waals surface area contributed by atoms with E-state index in [0.29, 0.717) is 76.1 Å². The van der Waals surface area contributed by atoms with E-state index in [9.17, 15) is 24.0 Å². The van der Waals surface area contributed by atoms with Crippen LogP contribution in [0.15, 0.2) is 273 Å². The van der Waals surface area contributed by atoms with Crippen molar-refractivity contribution < 1.29 is 47.7 Å². The summed E-state index contributed by atoms with van der Waals surface area (Å²) in [7, 11) is 0. The van der Waals surface area contributed by atoms with Crippen LogP contribution in [0.2, 0.25) is 0 Å². The van der Waals surface area contributed by atoms with Crippen LogP contribution in [0.1, 0.15) is 117 Å². The third kappa shape index (κ3) is 12.5. The van der Waals surface area contributed by atoms with Crippen LogP contribution in [-0.4, -0.2) is 29.8 Å². The van der Waals surface area contributed by atoms with Gasteiger partial charge in [-0.3, -0.25) is 24.0 Å². The Morgan fingerprint density at radius 2 is 0.579 bits per heavy atom. The van der Waals surface area contributed by atoms with E-state index >= 15 is 0 Å². The van der Waals surface area contributed by atoms with Crippen molar-refractivity contribution in [3.8, 4) is 39.9 Å². The van der Waals surface area contributed by atoms with Crippen molar-refractivity contribution >= 4 is 62.2 Å². The number of allylic oxidation sites excluding steroid dienone is 10. The van der Waals surface area contributed by atoms with Crippen LogP contribution in [0.25, 0.3) is 43.4 Å². The van der Waals surface area contributed by atoms with E-state index in [1.54, 1.807) is 0 Å². The molecule has 0 amide bonds. The molecule has 0 aromatic heterocycles. The Morgan fingerprint density at radius 3 is 1.03 bits per heavy atom. The first kappa shape index (κ1) is 78.1. The average molecular weight is 1670 g/mol. The third-order valence-corrected chi connectivity index (χ3v) is 38.5. The van der Waals surface area contributed by atoms with E-state index in [1.165, 1.54) is 80.5 Å². The van der Waals surface area contributed by atoms with Crippen molar-refractivity contribution in [2.45, 2.75) is 117 Å². The minimum atomic E-state index is -0.318. The number of para-hydroxylation sites is 1. The summed E-state index contributed by atoms with van der Waals surface area (Å²) >= 11 is 0. The van der Waals surface area contributed by atoms with Gasteiger partial charge in [-0.15, -0.1) is 0 Å². The second-order valence-electron chi connectivity index (χ2n) is 43.9. The summed E-state index contributed by atoms with van der Waals surface area (Å²) in [5.41, 5.74) is 1.42. The maximum Gasteiger partial charge on any atom is 0.317 e. The molecule has 640 valence electrons. The Hall–Kier alpha value is -10.2. The number of esters is 5. The number of rotatable bonds is 11. The molecule has 9 aromatic carbocycles. The predicted octanol–water partition coefficient (Wildman–Crippen LogP) is 24.7. The van der Waals surface area contributed by atoms with Crippen LogP contribution < -0.4 is 23.7 Å². The molecule has 10 heteroatoms. The molecular weight excluding hydrogens is 1550 g/mol. The summed E-state index contributed by atoms with van der Waals surface area (Å²) in [6.07, 6.45) is 42.4. The standard InChI is InChI=1S/C25H24O2.2C24H24O2.C23H22O2.C20H22O2/c26-25(27-20-10-8-16(9-11-20)15-4-2-1-3-5-15)22-14-19-13-21(22)24-18-7-6-17(12-18)23(19)24;1-24(13-17-12-19(24)22-16-10-9-15(11-16)21(17)22)23(25)26-20-8-4-6-14-5-2-3-7-18(14)20;1-24(13-18-12-20(24)22-17-7-6-16(10-17)21(18)22)23(25)26-19-9-8-14-4-2-3-5-15(14)11-19;24-23(25-18-8-7-13-3-1-2-4-14(13)10-18)20-12-17-11-19(20)22-16-6-5-15(9-16)21(17)22;1-20(19(21)22-15-5-3-2-4-6-15)11-14-10-16(20)18-13-8-7-12(9-13)17(14)18/h1-11,17-19,21-24H,12-14H2;2-10,15-17,19,21-22H,11-13H2,1H3;2-9,11,16-18,20-22H,10,12-13H2,1H3;1-8,10,15-17,19-22H,9,11-12H2;2-8,12-14,16-18H,9-11H2,1H3. The van der Waals surface area contributed by atoms with Crippen molar-refractivity contribution in [2.24, 2.45) is 206 Å². The molecule has 0 saturated heterocycles. The molecule has 15 saturated carbocycles. The quantitative estimate of drug-likeness (QED) is 0.0534. The van der Waals surface area contributed by atoms with Gasteiger partial charge in [-0.25, -0.2) is 0 Å². The van der Waals surface area contributed by atoms with Crippen molar-refractivity contribution in [3.63, 3.8) is 0 Å². The van der Waals surface area contributed by atoms with E-state index < -0.39 is 0 Å². The summed E-state index contributed by atoms with van der Waals surface area (Å²) in [5, 5.41) is 6.74. The van der Waals surface area contributed by atoms with Crippen molar-refractivity contribution in [1.82, 2.24) is 0 Å². The van der Waals surface area contributed by atoms with Gasteiger partial charge in [0.1, 0.15) is 28.7 Å². The number of carbonyl (C=O) groups excluding carboxylic acids is 5. The zero-order valence-electron chi connectivity index (χ0n) is 72.6. The van der Waals surface area contributed by atoms with Gasteiger partial charge in [0.25, 0.3) is 0 Å². The van der Waals surface area contributed by atoms with Crippen LogP contribution in [0, 0.1) is 206 Å². The first-order valence-electron chi connectivity index (χ1n) is 48.7. The van der Waals surface area contributed by atoms with Crippen molar-refractivity contribution in [1.29, 1.82) is 0 Å². The first-order chi connectivity index (χ1) is 61.5. The summed E-state index contributed by atoms with van der Waals surface area (Å²) in [6.45, 7) is 6.51. The zero-order chi connectivity index (χ0) is 84.3. The van der Waals surface area contributed by atoms with Crippen molar-refractivity contribution in [2.75, 3.05) is 0 Å². The number of ether oxygens (including phenoxy) is 5. The Balaban J connectivity index is 0.0000000860. The fraction of sp³-hybridized carbons (Fsp3) is 0.457. The summed E-state index contributed by atoms with van der Waals surface area (Å²) in [5.74, 6) is 25.5. The molecule has 0 heterocycles. The molecule has 0 aliphatic heterocycles. The van der Waals surface area contributed by atoms with Crippen LogP contribution >= 0.6 is 0 Å². The fourth-order valence-corrected chi connectivity index (χ4v) is 34.0. The lowest BCUT2D eigenvalue weighted by atomic mass is 9.63. The highest BCUT2D eigenvalue weighted by Crippen LogP contribution is 2.75. The summed E-state index contributed by atoms with van der Waals surface area (Å²) in [6, 6.07) is 70.2. The van der Waals surface area contributed by atoms with E-state index in [4.69, 9.17) is 23.7 Å². The van der Waals surface area contributed by atoms with Crippen molar-refractivity contribution in [3.05, 3.63) is 273 Å². The van der Waals surface area contributed by atoms with Crippen LogP contribution in [0.4, 0.5) is 0 Å². The molecule has 15 fully saturated rings. The Bertz CT molecular complexity index is 6010. The fourth-order valence-electron chi connectivity index (χ4n) is 34.0. The highest BCUT2D eigenvalue weighted by atomic mass is 16.6. The van der Waals surface area contributed by atoms with Gasteiger partial charge < -0.3 is 23.7 Å². The van der Waals surface area contributed by atoms with Gasteiger partial charge in [0.15, 0.2) is 0 Å². The molecule has 20 aliphatic carbocycles. The smallest absolute Gasteiger partial charge is 0.317 e. The monoisotopic (exact) mass is 1670 g/mol. The lowest BCUT2D eigenvalue weighted by molar-refractivity contribution is -0.151. The number of carbonyl (C=O) groups is 5. The van der Waals surface area contributed by atoms with Gasteiger partial charge in [-0.05, 0) is 387 Å². The van der Waals surface area contributed by atoms with E-state index in [0.717, 1.165) is 189 Å².